The largest absolute Gasteiger partial charge is 0.481 e. The Labute approximate surface area is 300 Å². The summed E-state index contributed by atoms with van der Waals surface area (Å²) in [5, 5.41) is 13.8. The third-order valence-electron chi connectivity index (χ3n) is 9.33. The summed E-state index contributed by atoms with van der Waals surface area (Å²) >= 11 is 14.2. The van der Waals surface area contributed by atoms with Crippen LogP contribution in [-0.2, 0) is 29.7 Å². The van der Waals surface area contributed by atoms with E-state index in [2.05, 4.69) is 21.3 Å². The molecule has 50 heavy (non-hydrogen) atoms. The van der Waals surface area contributed by atoms with Crippen LogP contribution in [0.2, 0.25) is 10.0 Å². The zero-order valence-electron chi connectivity index (χ0n) is 27.9. The summed E-state index contributed by atoms with van der Waals surface area (Å²) in [5.74, 6) is 1.56. The van der Waals surface area contributed by atoms with Gasteiger partial charge in [-0.15, -0.1) is 0 Å². The van der Waals surface area contributed by atoms with E-state index in [1.807, 2.05) is 72.3 Å². The molecule has 11 nitrogen and oxygen atoms in total. The summed E-state index contributed by atoms with van der Waals surface area (Å²) in [4.78, 5) is 37.6. The van der Waals surface area contributed by atoms with Crippen LogP contribution in [0.3, 0.4) is 0 Å². The number of nitrogens with one attached hydrogen (secondary N) is 4. The van der Waals surface area contributed by atoms with Crippen LogP contribution in [0, 0.1) is 0 Å². The first kappa shape index (κ1) is 33.9. The lowest BCUT2D eigenvalue weighted by molar-refractivity contribution is -0.120. The van der Waals surface area contributed by atoms with Crippen LogP contribution in [0.1, 0.15) is 37.1 Å². The number of imidazole rings is 1. The Morgan fingerprint density at radius 3 is 1.90 bits per heavy atom. The Hall–Kier alpha value is -4.55. The maximum atomic E-state index is 11.5. The SMILES string of the molecule is COc1nc(-c2cccc(-c3cccc(-c4ccc5nc(CNC[C@H]6CCC(=O)N6)n(C)c5n4)c3Cl)c2Cl)ccc1CNC[C@H]1CCC(=O)N1. The van der Waals surface area contributed by atoms with Crippen LogP contribution in [0.15, 0.2) is 60.7 Å². The van der Waals surface area contributed by atoms with Crippen LogP contribution in [0.5, 0.6) is 5.88 Å². The van der Waals surface area contributed by atoms with Gasteiger partial charge in [0.15, 0.2) is 5.65 Å². The molecule has 3 aromatic heterocycles. The molecular formula is C37H38Cl2N8O3. The highest BCUT2D eigenvalue weighted by Gasteiger charge is 2.22. The van der Waals surface area contributed by atoms with Gasteiger partial charge in [-0.05, 0) is 31.0 Å². The summed E-state index contributed by atoms with van der Waals surface area (Å²) in [6.07, 6.45) is 2.83. The molecule has 0 unspecified atom stereocenters. The number of carbonyl (C=O) groups excluding carboxylic acids is 2. The molecule has 2 saturated heterocycles. The molecule has 2 aliphatic rings. The lowest BCUT2D eigenvalue weighted by Gasteiger charge is -2.15. The molecule has 5 aromatic rings. The molecule has 2 fully saturated rings. The van der Waals surface area contributed by atoms with E-state index in [0.717, 1.165) is 63.3 Å². The predicted molar refractivity (Wildman–Crippen MR) is 195 cm³/mol. The number of pyridine rings is 2. The minimum atomic E-state index is 0.0996. The normalized spacial score (nSPS) is 17.4. The minimum Gasteiger partial charge on any atom is -0.481 e. The third-order valence-corrected chi connectivity index (χ3v) is 10.1. The van der Waals surface area contributed by atoms with Gasteiger partial charge in [-0.1, -0.05) is 65.7 Å². The molecule has 13 heteroatoms. The first-order chi connectivity index (χ1) is 24.3. The molecule has 2 amide bonds. The fraction of sp³-hybridized carbons (Fsp3) is 0.324. The highest BCUT2D eigenvalue weighted by atomic mass is 35.5. The fourth-order valence-corrected chi connectivity index (χ4v) is 7.28. The standard InChI is InChI=1S/C37H38Cl2N8O3/c1-47-31(20-41-19-23-11-16-33(49)43-23)44-30-14-13-28(45-36(30)47)26-7-3-5-24(34(26)38)25-6-4-8-27(35(25)39)29-12-9-21(37(46-29)50-2)17-40-18-22-10-15-32(48)42-22/h3-9,12-14,22-23,40-41H,10-11,15-20H2,1-2H3,(H,42,48)(H,43,49)/t22-,23-/m1/s1. The maximum absolute atomic E-state index is 11.5. The molecule has 0 spiro atoms. The van der Waals surface area contributed by atoms with E-state index < -0.39 is 0 Å². The second kappa shape index (κ2) is 14.7. The molecule has 0 aliphatic carbocycles. The summed E-state index contributed by atoms with van der Waals surface area (Å²) in [7, 11) is 3.55. The fourth-order valence-electron chi connectivity index (χ4n) is 6.63. The number of aromatic nitrogens is 4. The van der Waals surface area contributed by atoms with Crippen molar-refractivity contribution in [1.82, 2.24) is 40.8 Å². The van der Waals surface area contributed by atoms with Gasteiger partial charge in [-0.2, -0.15) is 0 Å². The van der Waals surface area contributed by atoms with E-state index >= 15 is 0 Å². The first-order valence-electron chi connectivity index (χ1n) is 16.7. The molecule has 2 aliphatic heterocycles. The highest BCUT2D eigenvalue weighted by molar-refractivity contribution is 6.39. The summed E-state index contributed by atoms with van der Waals surface area (Å²) in [6, 6.07) is 19.8. The van der Waals surface area contributed by atoms with Crippen molar-refractivity contribution in [2.45, 2.75) is 50.9 Å². The van der Waals surface area contributed by atoms with Gasteiger partial charge in [-0.3, -0.25) is 9.59 Å². The van der Waals surface area contributed by atoms with Gasteiger partial charge in [0.1, 0.15) is 11.3 Å². The highest BCUT2D eigenvalue weighted by Crippen LogP contribution is 2.42. The monoisotopic (exact) mass is 712 g/mol. The number of amides is 2. The zero-order chi connectivity index (χ0) is 34.8. The predicted octanol–water partition coefficient (Wildman–Crippen LogP) is 5.42. The Morgan fingerprint density at radius 1 is 0.760 bits per heavy atom. The Bertz CT molecular complexity index is 2080. The van der Waals surface area contributed by atoms with Crippen LogP contribution in [0.25, 0.3) is 44.8 Å². The van der Waals surface area contributed by atoms with Crippen molar-refractivity contribution in [3.8, 4) is 39.5 Å². The molecule has 0 radical (unpaired) electrons. The molecule has 2 aromatic carbocycles. The Balaban J connectivity index is 1.11. The van der Waals surface area contributed by atoms with Crippen LogP contribution >= 0.6 is 23.2 Å². The molecule has 4 N–H and O–H groups in total. The Kier molecular flexibility index (Phi) is 10.0. The number of halogens is 2. The number of methoxy groups -OCH3 is 1. The van der Waals surface area contributed by atoms with Crippen LogP contribution < -0.4 is 26.0 Å². The van der Waals surface area contributed by atoms with Crippen LogP contribution in [-0.4, -0.2) is 63.6 Å². The number of hydrogen-bond donors (Lipinski definition) is 4. The number of hydrogen-bond acceptors (Lipinski definition) is 8. The molecule has 0 saturated carbocycles. The molecule has 7 rings (SSSR count). The number of ether oxygens (including phenoxy) is 1. The summed E-state index contributed by atoms with van der Waals surface area (Å²) in [5.41, 5.74) is 6.92. The van der Waals surface area contributed by atoms with E-state index in [4.69, 9.17) is 42.9 Å². The van der Waals surface area contributed by atoms with Gasteiger partial charge < -0.3 is 30.6 Å². The van der Waals surface area contributed by atoms with Crippen molar-refractivity contribution >= 4 is 46.2 Å². The van der Waals surface area contributed by atoms with Crippen molar-refractivity contribution in [2.75, 3.05) is 20.2 Å². The van der Waals surface area contributed by atoms with Crippen molar-refractivity contribution in [2.24, 2.45) is 7.05 Å². The van der Waals surface area contributed by atoms with Crippen molar-refractivity contribution in [3.63, 3.8) is 0 Å². The minimum absolute atomic E-state index is 0.0996. The zero-order valence-corrected chi connectivity index (χ0v) is 29.4. The van der Waals surface area contributed by atoms with Gasteiger partial charge in [0.25, 0.3) is 0 Å². The average Bonchev–Trinajstić information content (AvgIpc) is 3.83. The molecule has 0 bridgehead atoms. The maximum Gasteiger partial charge on any atom is 0.220 e. The van der Waals surface area contributed by atoms with Gasteiger partial charge in [0.2, 0.25) is 17.7 Å². The smallest absolute Gasteiger partial charge is 0.220 e. The number of nitrogens with zero attached hydrogens (tertiary/aromatic N) is 4. The van der Waals surface area contributed by atoms with Crippen molar-refractivity contribution < 1.29 is 14.3 Å². The topological polar surface area (TPSA) is 135 Å². The number of benzene rings is 2. The first-order valence-corrected chi connectivity index (χ1v) is 17.5. The number of aryl methyl sites for hydroxylation is 1. The van der Waals surface area contributed by atoms with Crippen molar-refractivity contribution in [3.05, 3.63) is 82.1 Å². The van der Waals surface area contributed by atoms with Crippen molar-refractivity contribution in [1.29, 1.82) is 0 Å². The average molecular weight is 714 g/mol. The quantitative estimate of drug-likeness (QED) is 0.135. The number of rotatable bonds is 12. The van der Waals surface area contributed by atoms with E-state index in [1.54, 1.807) is 7.11 Å². The van der Waals surface area contributed by atoms with E-state index in [1.165, 1.54) is 0 Å². The summed E-state index contributed by atoms with van der Waals surface area (Å²) < 4.78 is 7.64. The summed E-state index contributed by atoms with van der Waals surface area (Å²) in [6.45, 7) is 2.48. The third kappa shape index (κ3) is 7.04. The Morgan fingerprint density at radius 2 is 1.32 bits per heavy atom. The van der Waals surface area contributed by atoms with Gasteiger partial charge in [-0.25, -0.2) is 15.0 Å². The van der Waals surface area contributed by atoms with Gasteiger partial charge in [0, 0.05) is 79.4 Å². The molecule has 2 atom stereocenters. The molecule has 5 heterocycles. The number of carbonyl (C=O) groups is 2. The molecular weight excluding hydrogens is 675 g/mol. The van der Waals surface area contributed by atoms with E-state index in [-0.39, 0.29) is 23.9 Å². The van der Waals surface area contributed by atoms with Gasteiger partial charge >= 0.3 is 0 Å². The lowest BCUT2D eigenvalue weighted by Crippen LogP contribution is -2.35. The van der Waals surface area contributed by atoms with E-state index in [0.29, 0.717) is 60.6 Å². The number of fused-ring (bicyclic) bond motifs is 1. The molecule has 258 valence electrons. The second-order valence-corrected chi connectivity index (χ2v) is 13.4. The second-order valence-electron chi connectivity index (χ2n) is 12.7. The van der Waals surface area contributed by atoms with Crippen LogP contribution in [0.4, 0.5) is 0 Å². The lowest BCUT2D eigenvalue weighted by atomic mass is 9.98. The van der Waals surface area contributed by atoms with Gasteiger partial charge in [0.05, 0.1) is 35.1 Å². The van der Waals surface area contributed by atoms with E-state index in [9.17, 15) is 9.59 Å².